The van der Waals surface area contributed by atoms with E-state index in [0.717, 1.165) is 0 Å². The van der Waals surface area contributed by atoms with Gasteiger partial charge in [0, 0.05) is 11.1 Å². The van der Waals surface area contributed by atoms with Gasteiger partial charge in [-0.15, -0.1) is 0 Å². The van der Waals surface area contributed by atoms with Gasteiger partial charge in [-0.2, -0.15) is 0 Å². The van der Waals surface area contributed by atoms with E-state index in [2.05, 4.69) is 0 Å². The first-order chi connectivity index (χ1) is 13.7. The molecule has 0 aromatic heterocycles. The SMILES string of the molecule is Cc1cccc(C)c1C(=O)[PH](=O)c1c(Cl)cc(Cl)c(C(=O)c2ccccc2)c1Cl. The van der Waals surface area contributed by atoms with Crippen molar-refractivity contribution in [3.63, 3.8) is 0 Å². The van der Waals surface area contributed by atoms with Crippen LogP contribution in [0.1, 0.15) is 37.4 Å². The molecule has 0 aliphatic heterocycles. The Hall–Kier alpha value is -1.90. The Morgan fingerprint density at radius 2 is 1.38 bits per heavy atom. The third-order valence-corrected chi connectivity index (χ3v) is 7.50. The summed E-state index contributed by atoms with van der Waals surface area (Å²) in [6.45, 7) is 3.54. The number of benzene rings is 3. The van der Waals surface area contributed by atoms with Gasteiger partial charge in [0.05, 0.1) is 25.9 Å². The molecule has 0 N–H and O–H groups in total. The summed E-state index contributed by atoms with van der Waals surface area (Å²) < 4.78 is 13.2. The van der Waals surface area contributed by atoms with E-state index in [-0.39, 0.29) is 25.9 Å². The van der Waals surface area contributed by atoms with Crippen LogP contribution in [0.3, 0.4) is 0 Å². The van der Waals surface area contributed by atoms with Crippen molar-refractivity contribution in [2.45, 2.75) is 13.8 Å². The lowest BCUT2D eigenvalue weighted by Crippen LogP contribution is -2.14. The Kier molecular flexibility index (Phi) is 6.65. The third-order valence-electron chi connectivity index (χ3n) is 4.57. The molecule has 29 heavy (non-hydrogen) atoms. The Labute approximate surface area is 184 Å². The predicted octanol–water partition coefficient (Wildman–Crippen LogP) is 6.52. The fourth-order valence-electron chi connectivity index (χ4n) is 3.14. The zero-order valence-electron chi connectivity index (χ0n) is 15.6. The van der Waals surface area contributed by atoms with Crippen LogP contribution < -0.4 is 5.30 Å². The van der Waals surface area contributed by atoms with Crippen LogP contribution in [0.5, 0.6) is 0 Å². The van der Waals surface area contributed by atoms with Crippen molar-refractivity contribution < 1.29 is 14.2 Å². The van der Waals surface area contributed by atoms with Crippen LogP contribution in [0.2, 0.25) is 15.1 Å². The summed E-state index contributed by atoms with van der Waals surface area (Å²) in [4.78, 5) is 26.0. The van der Waals surface area contributed by atoms with Crippen molar-refractivity contribution >= 4 is 59.2 Å². The first kappa shape index (κ1) is 21.8. The summed E-state index contributed by atoms with van der Waals surface area (Å²) in [5.41, 5.74) is 1.56. The Morgan fingerprint density at radius 3 is 1.97 bits per heavy atom. The molecular weight excluding hydrogens is 450 g/mol. The Morgan fingerprint density at radius 1 is 0.793 bits per heavy atom. The molecule has 148 valence electrons. The average Bonchev–Trinajstić information content (AvgIpc) is 2.67. The lowest BCUT2D eigenvalue weighted by Gasteiger charge is -2.14. The second-order valence-corrected chi connectivity index (χ2v) is 9.33. The highest BCUT2D eigenvalue weighted by Gasteiger charge is 2.29. The van der Waals surface area contributed by atoms with Gasteiger partial charge in [0.1, 0.15) is 0 Å². The Bertz CT molecular complexity index is 1140. The van der Waals surface area contributed by atoms with Crippen molar-refractivity contribution in [1.82, 2.24) is 0 Å². The molecule has 0 heterocycles. The number of carbonyl (C=O) groups is 2. The van der Waals surface area contributed by atoms with Gasteiger partial charge in [0.2, 0.25) is 5.52 Å². The highest BCUT2D eigenvalue weighted by atomic mass is 35.5. The molecule has 0 saturated heterocycles. The van der Waals surface area contributed by atoms with Gasteiger partial charge in [0.15, 0.2) is 13.6 Å². The second-order valence-electron chi connectivity index (χ2n) is 6.52. The van der Waals surface area contributed by atoms with E-state index in [1.54, 1.807) is 56.3 Å². The van der Waals surface area contributed by atoms with E-state index >= 15 is 0 Å². The molecule has 0 aliphatic rings. The summed E-state index contributed by atoms with van der Waals surface area (Å²) in [6.07, 6.45) is 0. The van der Waals surface area contributed by atoms with Crippen LogP contribution in [-0.2, 0) is 4.57 Å². The highest BCUT2D eigenvalue weighted by Crippen LogP contribution is 2.39. The summed E-state index contributed by atoms with van der Waals surface area (Å²) in [5.74, 6) is -0.437. The normalized spacial score (nSPS) is 11.9. The van der Waals surface area contributed by atoms with Gasteiger partial charge in [-0.05, 0) is 31.0 Å². The van der Waals surface area contributed by atoms with E-state index in [9.17, 15) is 14.2 Å². The van der Waals surface area contributed by atoms with Crippen LogP contribution in [0.25, 0.3) is 0 Å². The minimum Gasteiger partial charge on any atom is -0.313 e. The molecule has 0 bridgehead atoms. The minimum absolute atomic E-state index is 0.00640. The maximum Gasteiger partial charge on any atom is 0.223 e. The van der Waals surface area contributed by atoms with E-state index in [4.69, 9.17) is 34.8 Å². The van der Waals surface area contributed by atoms with Crippen LogP contribution in [0, 0.1) is 13.8 Å². The molecule has 0 saturated carbocycles. The van der Waals surface area contributed by atoms with Gasteiger partial charge in [0.25, 0.3) is 0 Å². The molecule has 1 atom stereocenters. The molecule has 0 spiro atoms. The number of hydrogen-bond donors (Lipinski definition) is 0. The lowest BCUT2D eigenvalue weighted by molar-refractivity contribution is 0.103. The lowest BCUT2D eigenvalue weighted by atomic mass is 10.0. The number of carbonyl (C=O) groups excluding carboxylic acids is 2. The van der Waals surface area contributed by atoms with Crippen molar-refractivity contribution in [2.24, 2.45) is 0 Å². The van der Waals surface area contributed by atoms with Gasteiger partial charge in [-0.25, -0.2) is 0 Å². The van der Waals surface area contributed by atoms with Crippen LogP contribution >= 0.6 is 42.6 Å². The zero-order chi connectivity index (χ0) is 21.3. The number of aryl methyl sites for hydroxylation is 2. The maximum absolute atomic E-state index is 13.2. The minimum atomic E-state index is -3.12. The van der Waals surface area contributed by atoms with Gasteiger partial charge in [-0.1, -0.05) is 83.3 Å². The maximum atomic E-state index is 13.2. The first-order valence-corrected chi connectivity index (χ1v) is 11.2. The van der Waals surface area contributed by atoms with E-state index in [1.165, 1.54) is 6.07 Å². The smallest absolute Gasteiger partial charge is 0.223 e. The van der Waals surface area contributed by atoms with E-state index in [0.29, 0.717) is 22.3 Å². The van der Waals surface area contributed by atoms with Crippen molar-refractivity contribution in [3.05, 3.63) is 97.5 Å². The van der Waals surface area contributed by atoms with E-state index in [1.807, 2.05) is 6.07 Å². The zero-order valence-corrected chi connectivity index (χ0v) is 18.8. The van der Waals surface area contributed by atoms with Gasteiger partial charge < -0.3 is 4.57 Å². The monoisotopic (exact) mass is 464 g/mol. The average molecular weight is 466 g/mol. The summed E-state index contributed by atoms with van der Waals surface area (Å²) in [6, 6.07) is 15.1. The molecule has 0 radical (unpaired) electrons. The standard InChI is InChI=1S/C22H16Cl3O3P/c1-12-7-6-8-13(2)17(12)22(27)29(28)21-16(24)11-15(23)18(19(21)25)20(26)14-9-4-3-5-10-14/h3-11,29H,1-2H3. The quantitative estimate of drug-likeness (QED) is 0.318. The second kappa shape index (κ2) is 8.85. The van der Waals surface area contributed by atoms with Gasteiger partial charge >= 0.3 is 0 Å². The number of hydrogen-bond acceptors (Lipinski definition) is 3. The highest BCUT2D eigenvalue weighted by molar-refractivity contribution is 7.72. The molecule has 3 rings (SSSR count). The van der Waals surface area contributed by atoms with Crippen molar-refractivity contribution in [2.75, 3.05) is 0 Å². The molecule has 0 fully saturated rings. The summed E-state index contributed by atoms with van der Waals surface area (Å²) >= 11 is 18.9. The molecule has 0 aliphatic carbocycles. The topological polar surface area (TPSA) is 51.2 Å². The van der Waals surface area contributed by atoms with Crippen molar-refractivity contribution in [3.8, 4) is 0 Å². The molecule has 3 aromatic carbocycles. The molecule has 7 heteroatoms. The number of ketones is 1. The van der Waals surface area contributed by atoms with Crippen LogP contribution in [-0.4, -0.2) is 11.3 Å². The van der Waals surface area contributed by atoms with Crippen LogP contribution in [0.4, 0.5) is 0 Å². The summed E-state index contributed by atoms with van der Waals surface area (Å²) in [7, 11) is -3.12. The molecule has 3 aromatic rings. The molecule has 1 unspecified atom stereocenters. The fraction of sp³-hybridized carbons (Fsp3) is 0.0909. The first-order valence-electron chi connectivity index (χ1n) is 8.66. The fourth-order valence-corrected chi connectivity index (χ4v) is 6.05. The van der Waals surface area contributed by atoms with Crippen LogP contribution in [0.15, 0.2) is 54.6 Å². The largest absolute Gasteiger partial charge is 0.313 e. The predicted molar refractivity (Wildman–Crippen MR) is 120 cm³/mol. The molecule has 3 nitrogen and oxygen atoms in total. The number of rotatable bonds is 5. The molecular formula is C22H16Cl3O3P. The van der Waals surface area contributed by atoms with Crippen molar-refractivity contribution in [1.29, 1.82) is 0 Å². The Balaban J connectivity index is 2.14. The van der Waals surface area contributed by atoms with E-state index < -0.39 is 19.1 Å². The summed E-state index contributed by atoms with van der Waals surface area (Å²) in [5, 5.41) is -0.172. The number of halogens is 3. The molecule has 0 amide bonds. The third kappa shape index (κ3) is 4.20. The van der Waals surface area contributed by atoms with Gasteiger partial charge in [-0.3, -0.25) is 9.59 Å².